The molecule has 0 fully saturated rings. The standard InChI is InChI=1S/C28H34ClN3O5/c1-18(2)37-26-10-9-22(16-24(26)29)28(36)30-23(11-14-34)15-20-5-7-21(8-6-20)25-17-32(12-4-13-33)27(31-25)19(3)35/h5-10,16-18,23,33-34H,4,11-15H2,1-3H3,(H,30,36)/t23-/m1/s1. The van der Waals surface area contributed by atoms with Gasteiger partial charge in [-0.15, -0.1) is 0 Å². The molecule has 0 aliphatic rings. The fourth-order valence-electron chi connectivity index (χ4n) is 3.99. The number of rotatable bonds is 13. The van der Waals surface area contributed by atoms with E-state index in [1.165, 1.54) is 6.92 Å². The Balaban J connectivity index is 1.70. The highest BCUT2D eigenvalue weighted by atomic mass is 35.5. The lowest BCUT2D eigenvalue weighted by atomic mass is 10.0. The van der Waals surface area contributed by atoms with Crippen molar-refractivity contribution in [3.8, 4) is 17.0 Å². The lowest BCUT2D eigenvalue weighted by Crippen LogP contribution is -2.37. The molecule has 3 N–H and O–H groups in total. The largest absolute Gasteiger partial charge is 0.489 e. The molecule has 0 unspecified atom stereocenters. The lowest BCUT2D eigenvalue weighted by molar-refractivity contribution is 0.0929. The maximum Gasteiger partial charge on any atom is 0.251 e. The summed E-state index contributed by atoms with van der Waals surface area (Å²) >= 11 is 6.28. The highest BCUT2D eigenvalue weighted by Gasteiger charge is 2.17. The Hall–Kier alpha value is -3.20. The van der Waals surface area contributed by atoms with Crippen LogP contribution in [0, 0.1) is 0 Å². The number of carbonyl (C=O) groups excluding carboxylic acids is 2. The number of aliphatic hydroxyl groups is 2. The molecule has 0 saturated carbocycles. The fraction of sp³-hybridized carbons (Fsp3) is 0.393. The van der Waals surface area contributed by atoms with E-state index in [1.54, 1.807) is 22.8 Å². The van der Waals surface area contributed by atoms with Crippen molar-refractivity contribution >= 4 is 23.3 Å². The molecule has 3 rings (SSSR count). The highest BCUT2D eigenvalue weighted by Crippen LogP contribution is 2.27. The summed E-state index contributed by atoms with van der Waals surface area (Å²) in [4.78, 5) is 29.3. The summed E-state index contributed by atoms with van der Waals surface area (Å²) in [6.45, 7) is 5.76. The van der Waals surface area contributed by atoms with Gasteiger partial charge in [-0.1, -0.05) is 35.9 Å². The van der Waals surface area contributed by atoms with E-state index >= 15 is 0 Å². The summed E-state index contributed by atoms with van der Waals surface area (Å²) < 4.78 is 7.39. The Morgan fingerprint density at radius 2 is 1.84 bits per heavy atom. The average molecular weight is 528 g/mol. The predicted molar refractivity (Wildman–Crippen MR) is 143 cm³/mol. The minimum Gasteiger partial charge on any atom is -0.489 e. The predicted octanol–water partition coefficient (Wildman–Crippen LogP) is 4.30. The molecule has 0 radical (unpaired) electrons. The number of Topliss-reactive ketones (excluding diaryl/α,β-unsaturated/α-hetero) is 1. The van der Waals surface area contributed by atoms with E-state index in [1.807, 2.05) is 44.3 Å². The Morgan fingerprint density at radius 3 is 2.43 bits per heavy atom. The number of amides is 1. The molecule has 37 heavy (non-hydrogen) atoms. The Kier molecular flexibility index (Phi) is 10.3. The minimum absolute atomic E-state index is 0.0318. The summed E-state index contributed by atoms with van der Waals surface area (Å²) in [6, 6.07) is 12.4. The maximum atomic E-state index is 12.9. The molecule has 0 aliphatic heterocycles. The number of aromatic nitrogens is 2. The second-order valence-corrected chi connectivity index (χ2v) is 9.58. The van der Waals surface area contributed by atoms with E-state index in [-0.39, 0.29) is 37.0 Å². The third-order valence-electron chi connectivity index (χ3n) is 5.75. The number of benzene rings is 2. The first-order valence-corrected chi connectivity index (χ1v) is 12.8. The number of carbonyl (C=O) groups is 2. The van der Waals surface area contributed by atoms with Crippen LogP contribution >= 0.6 is 11.6 Å². The second kappa shape index (κ2) is 13.4. The smallest absolute Gasteiger partial charge is 0.251 e. The normalized spacial score (nSPS) is 12.0. The molecule has 0 aliphatic carbocycles. The Morgan fingerprint density at radius 1 is 1.11 bits per heavy atom. The molecule has 2 aromatic carbocycles. The SMILES string of the molecule is CC(=O)c1nc(-c2ccc(C[C@@H](CCO)NC(=O)c3ccc(OC(C)C)c(Cl)c3)cc2)cn1CCCO. The number of ether oxygens (including phenoxy) is 1. The average Bonchev–Trinajstić information content (AvgIpc) is 3.29. The summed E-state index contributed by atoms with van der Waals surface area (Å²) in [6.07, 6.45) is 3.25. The van der Waals surface area contributed by atoms with Crippen LogP contribution in [0.3, 0.4) is 0 Å². The second-order valence-electron chi connectivity index (χ2n) is 9.17. The zero-order chi connectivity index (χ0) is 26.9. The summed E-state index contributed by atoms with van der Waals surface area (Å²) in [5.74, 6) is 0.473. The number of hydrogen-bond acceptors (Lipinski definition) is 6. The van der Waals surface area contributed by atoms with Crippen molar-refractivity contribution in [2.45, 2.75) is 58.7 Å². The first kappa shape index (κ1) is 28.4. The van der Waals surface area contributed by atoms with Gasteiger partial charge in [-0.05, 0) is 56.9 Å². The molecule has 0 spiro atoms. The van der Waals surface area contributed by atoms with Crippen LogP contribution in [0.4, 0.5) is 0 Å². The molecule has 0 saturated heterocycles. The van der Waals surface area contributed by atoms with Gasteiger partial charge in [0.2, 0.25) is 0 Å². The summed E-state index contributed by atoms with van der Waals surface area (Å²) in [5, 5.41) is 22.0. The van der Waals surface area contributed by atoms with Crippen molar-refractivity contribution < 1.29 is 24.5 Å². The van der Waals surface area contributed by atoms with Crippen molar-refractivity contribution in [1.29, 1.82) is 0 Å². The van der Waals surface area contributed by atoms with E-state index in [2.05, 4.69) is 10.3 Å². The molecule has 8 nitrogen and oxygen atoms in total. The first-order chi connectivity index (χ1) is 17.7. The van der Waals surface area contributed by atoms with Gasteiger partial charge in [0.05, 0.1) is 16.8 Å². The topological polar surface area (TPSA) is 114 Å². The van der Waals surface area contributed by atoms with Crippen LogP contribution < -0.4 is 10.1 Å². The van der Waals surface area contributed by atoms with E-state index in [9.17, 15) is 14.7 Å². The fourth-order valence-corrected chi connectivity index (χ4v) is 4.21. The Bertz CT molecular complexity index is 1210. The zero-order valence-corrected chi connectivity index (χ0v) is 22.2. The van der Waals surface area contributed by atoms with Crippen molar-refractivity contribution in [3.63, 3.8) is 0 Å². The van der Waals surface area contributed by atoms with Gasteiger partial charge < -0.3 is 24.8 Å². The van der Waals surface area contributed by atoms with Crippen LogP contribution in [-0.4, -0.2) is 56.8 Å². The van der Waals surface area contributed by atoms with Gasteiger partial charge in [-0.2, -0.15) is 0 Å². The number of nitrogens with zero attached hydrogens (tertiary/aromatic N) is 2. The molecule has 1 aromatic heterocycles. The molecular formula is C28H34ClN3O5. The third-order valence-corrected chi connectivity index (χ3v) is 6.05. The number of nitrogens with one attached hydrogen (secondary N) is 1. The van der Waals surface area contributed by atoms with Gasteiger partial charge >= 0.3 is 0 Å². The van der Waals surface area contributed by atoms with Gasteiger partial charge in [0.15, 0.2) is 11.6 Å². The quantitative estimate of drug-likeness (QED) is 0.286. The van der Waals surface area contributed by atoms with E-state index in [0.717, 1.165) is 11.1 Å². The van der Waals surface area contributed by atoms with Gasteiger partial charge in [0.25, 0.3) is 5.91 Å². The zero-order valence-electron chi connectivity index (χ0n) is 21.4. The van der Waals surface area contributed by atoms with Crippen LogP contribution in [-0.2, 0) is 13.0 Å². The molecule has 1 atom stereocenters. The van der Waals surface area contributed by atoms with Crippen molar-refractivity contribution in [3.05, 3.63) is 70.6 Å². The monoisotopic (exact) mass is 527 g/mol. The van der Waals surface area contributed by atoms with Crippen molar-refractivity contribution in [2.75, 3.05) is 13.2 Å². The van der Waals surface area contributed by atoms with Crippen LogP contribution in [0.1, 0.15) is 60.2 Å². The van der Waals surface area contributed by atoms with Gasteiger partial charge in [0.1, 0.15) is 5.75 Å². The Labute approximate surface area is 222 Å². The highest BCUT2D eigenvalue weighted by molar-refractivity contribution is 6.32. The van der Waals surface area contributed by atoms with E-state index in [0.29, 0.717) is 53.7 Å². The summed E-state index contributed by atoms with van der Waals surface area (Å²) in [7, 11) is 0. The summed E-state index contributed by atoms with van der Waals surface area (Å²) in [5.41, 5.74) is 2.93. The number of ketones is 1. The minimum atomic E-state index is -0.282. The number of halogens is 1. The molecule has 0 bridgehead atoms. The number of hydrogen-bond donors (Lipinski definition) is 3. The van der Waals surface area contributed by atoms with Gasteiger partial charge in [-0.25, -0.2) is 4.98 Å². The molecule has 1 heterocycles. The van der Waals surface area contributed by atoms with Crippen molar-refractivity contribution in [2.24, 2.45) is 0 Å². The van der Waals surface area contributed by atoms with Crippen LogP contribution in [0.5, 0.6) is 5.75 Å². The van der Waals surface area contributed by atoms with Crippen molar-refractivity contribution in [1.82, 2.24) is 14.9 Å². The molecule has 1 amide bonds. The number of aryl methyl sites for hydroxylation is 1. The molecule has 3 aromatic rings. The maximum absolute atomic E-state index is 12.9. The molecule has 9 heteroatoms. The van der Waals surface area contributed by atoms with Crippen LogP contribution in [0.15, 0.2) is 48.7 Å². The van der Waals surface area contributed by atoms with Gasteiger partial charge in [-0.3, -0.25) is 9.59 Å². The van der Waals surface area contributed by atoms with E-state index < -0.39 is 0 Å². The van der Waals surface area contributed by atoms with E-state index in [4.69, 9.17) is 21.4 Å². The molecule has 198 valence electrons. The third kappa shape index (κ3) is 7.89. The number of imidazole rings is 1. The first-order valence-electron chi connectivity index (χ1n) is 12.4. The lowest BCUT2D eigenvalue weighted by Gasteiger charge is -2.19. The van der Waals surface area contributed by atoms with Crippen LogP contribution in [0.25, 0.3) is 11.3 Å². The van der Waals surface area contributed by atoms with Crippen LogP contribution in [0.2, 0.25) is 5.02 Å². The number of aliphatic hydroxyl groups excluding tert-OH is 2. The molecular weight excluding hydrogens is 494 g/mol. The van der Waals surface area contributed by atoms with Gasteiger partial charge in [0, 0.05) is 50.0 Å².